The van der Waals surface area contributed by atoms with Crippen LogP contribution in [0.5, 0.6) is 0 Å². The summed E-state index contributed by atoms with van der Waals surface area (Å²) in [5.74, 6) is -1.83. The van der Waals surface area contributed by atoms with Gasteiger partial charge in [-0.3, -0.25) is 0 Å². The lowest BCUT2D eigenvalue weighted by molar-refractivity contribution is 0.0214. The molecule has 93 heavy (non-hydrogen) atoms. The van der Waals surface area contributed by atoms with Gasteiger partial charge in [0.05, 0.1) is 81.6 Å². The third kappa shape index (κ3) is 12.0. The summed E-state index contributed by atoms with van der Waals surface area (Å²) < 4.78 is 73.1. The first-order valence-corrected chi connectivity index (χ1v) is 32.5. The highest BCUT2D eigenvalue weighted by Crippen LogP contribution is 2.58. The minimum atomic E-state index is -0.801. The Bertz CT molecular complexity index is 4420. The van der Waals surface area contributed by atoms with Gasteiger partial charge >= 0.3 is 0 Å². The van der Waals surface area contributed by atoms with E-state index in [4.69, 9.17) is 23.2 Å². The van der Waals surface area contributed by atoms with Crippen molar-refractivity contribution >= 4 is 41.4 Å². The van der Waals surface area contributed by atoms with Crippen LogP contribution in [-0.2, 0) is 19.3 Å². The topological polar surface area (TPSA) is 138 Å². The summed E-state index contributed by atoms with van der Waals surface area (Å²) in [6, 6.07) is 37.2. The van der Waals surface area contributed by atoms with Gasteiger partial charge in [0.2, 0.25) is 0 Å². The highest BCUT2D eigenvalue weighted by Gasteiger charge is 2.50. The molecule has 17 heteroatoms. The number of nitriles is 1. The van der Waals surface area contributed by atoms with Gasteiger partial charge in [0.15, 0.2) is 0 Å². The minimum absolute atomic E-state index is 0.0173. The maximum absolute atomic E-state index is 13.8. The average molecular weight is 1300 g/mol. The maximum atomic E-state index is 13.8. The predicted molar refractivity (Wildman–Crippen MR) is 351 cm³/mol. The van der Waals surface area contributed by atoms with Crippen molar-refractivity contribution in [2.75, 3.05) is 0 Å². The summed E-state index contributed by atoms with van der Waals surface area (Å²) >= 11 is 12.0. The largest absolute Gasteiger partial charge is 0.388 e. The molecule has 0 spiro atoms. The lowest BCUT2D eigenvalue weighted by Gasteiger charge is -2.47. The van der Waals surface area contributed by atoms with Crippen molar-refractivity contribution < 1.29 is 37.3 Å². The van der Waals surface area contributed by atoms with E-state index in [9.17, 15) is 42.5 Å². The molecule has 3 saturated carbocycles. The molecule has 0 unspecified atom stereocenters. The Hall–Kier alpha value is -8.23. The number of benzene rings is 6. The molecule has 15 rings (SSSR count). The van der Waals surface area contributed by atoms with Crippen molar-refractivity contribution in [1.29, 1.82) is 5.26 Å². The standard InChI is InChI=1S/C26H23F2N3O.C25H23ClF2N2O.C25H24ClFN2O/c1-26-13-18-15-30-31(21-8-6-20(27)7-9-21)24(18)12-19(26)3-2-4-22(26)25(32)16-5-10-23(28)17(11-16)14-29;1-25-13-16-14-29-30(19-8-6-18(27)7-9-19)23(16)12-17(25)3-2-4-20(25)24(31)15-5-10-22(28)21(26)11-15;1-25-14-17-15-28-29(21-11-9-20(27)10-12-21)23(17)13-18(25)3-2-4-22(25)24(30)16-5-7-19(26)8-6-16/h5-12,15,22,25,32H,2-4,13H2,1H3;5-12,14,20,24,31H,2-4,13H2,1H3;5-13,15,22,24,30H,2-4,14H2,1H3/t22-,25+,26+;20-,24+,25+;22-,24+,25+/m111/s1. The van der Waals surface area contributed by atoms with E-state index in [1.165, 1.54) is 82.9 Å². The Kier molecular flexibility index (Phi) is 17.5. The summed E-state index contributed by atoms with van der Waals surface area (Å²) in [5, 5.41) is 57.4. The van der Waals surface area contributed by atoms with Crippen LogP contribution in [0.3, 0.4) is 0 Å². The zero-order valence-electron chi connectivity index (χ0n) is 51.7. The van der Waals surface area contributed by atoms with E-state index in [-0.39, 0.29) is 62.0 Å². The van der Waals surface area contributed by atoms with Gasteiger partial charge in [-0.1, -0.05) is 85.0 Å². The molecule has 3 N–H and O–H groups in total. The molecular formula is C76H70Cl2F5N7O3. The fraction of sp³-hybridized carbons (Fsp3) is 0.316. The van der Waals surface area contributed by atoms with E-state index in [0.717, 1.165) is 128 Å². The van der Waals surface area contributed by atoms with Crippen LogP contribution in [0.25, 0.3) is 35.3 Å². The molecule has 0 saturated heterocycles. The summed E-state index contributed by atoms with van der Waals surface area (Å²) in [5.41, 5.74) is 14.2. The Balaban J connectivity index is 0.000000127. The van der Waals surface area contributed by atoms with Crippen LogP contribution in [-0.4, -0.2) is 44.7 Å². The van der Waals surface area contributed by atoms with Crippen LogP contribution in [0.15, 0.2) is 169 Å². The Labute approximate surface area is 547 Å². The molecule has 0 amide bonds. The van der Waals surface area contributed by atoms with Crippen LogP contribution in [0.4, 0.5) is 22.0 Å². The average Bonchev–Trinajstić information content (AvgIpc) is 1.75. The van der Waals surface area contributed by atoms with Crippen molar-refractivity contribution in [1.82, 2.24) is 29.3 Å². The van der Waals surface area contributed by atoms with Gasteiger partial charge in [-0.2, -0.15) is 20.6 Å². The number of allylic oxidation sites excluding steroid dienone is 3. The second kappa shape index (κ2) is 25.6. The third-order valence-electron chi connectivity index (χ3n) is 21.1. The van der Waals surface area contributed by atoms with Crippen molar-refractivity contribution in [3.05, 3.63) is 264 Å². The fourth-order valence-corrected chi connectivity index (χ4v) is 16.3. The zero-order chi connectivity index (χ0) is 65.1. The normalized spacial score (nSPS) is 23.5. The third-order valence-corrected chi connectivity index (χ3v) is 21.7. The quantitative estimate of drug-likeness (QED) is 0.122. The Morgan fingerprint density at radius 1 is 0.462 bits per heavy atom. The lowest BCUT2D eigenvalue weighted by Crippen LogP contribution is -2.40. The number of nitrogens with zero attached hydrogens (tertiary/aromatic N) is 7. The number of halogens is 7. The van der Waals surface area contributed by atoms with Crippen LogP contribution < -0.4 is 0 Å². The van der Waals surface area contributed by atoms with Crippen LogP contribution in [0.2, 0.25) is 10.0 Å². The molecule has 10 nitrogen and oxygen atoms in total. The van der Waals surface area contributed by atoms with E-state index >= 15 is 0 Å². The molecule has 0 radical (unpaired) electrons. The number of aliphatic hydroxyl groups is 3. The molecule has 0 aliphatic heterocycles. The molecule has 0 bridgehead atoms. The first-order chi connectivity index (χ1) is 44.7. The number of hydrogen-bond donors (Lipinski definition) is 3. The highest BCUT2D eigenvalue weighted by atomic mass is 35.5. The molecule has 6 aromatic carbocycles. The fourth-order valence-electron chi connectivity index (χ4n) is 16.0. The second-order valence-electron chi connectivity index (χ2n) is 26.5. The van der Waals surface area contributed by atoms with Crippen LogP contribution >= 0.6 is 23.2 Å². The maximum Gasteiger partial charge on any atom is 0.141 e. The van der Waals surface area contributed by atoms with Crippen LogP contribution in [0.1, 0.15) is 153 Å². The molecule has 6 aliphatic carbocycles. The van der Waals surface area contributed by atoms with E-state index in [0.29, 0.717) is 16.1 Å². The van der Waals surface area contributed by atoms with Gasteiger partial charge < -0.3 is 15.3 Å². The van der Waals surface area contributed by atoms with E-state index in [2.05, 4.69) is 54.3 Å². The van der Waals surface area contributed by atoms with Gasteiger partial charge in [0, 0.05) is 5.02 Å². The molecule has 9 atom stereocenters. The van der Waals surface area contributed by atoms with Gasteiger partial charge in [0.1, 0.15) is 35.2 Å². The number of aliphatic hydroxyl groups excluding tert-OH is 3. The molecule has 476 valence electrons. The summed E-state index contributed by atoms with van der Waals surface area (Å²) in [4.78, 5) is 0. The van der Waals surface area contributed by atoms with Crippen molar-refractivity contribution in [2.45, 2.75) is 116 Å². The first-order valence-electron chi connectivity index (χ1n) is 31.8. The molecule has 3 fully saturated rings. The smallest absolute Gasteiger partial charge is 0.141 e. The van der Waals surface area contributed by atoms with Gasteiger partial charge in [-0.05, 0) is 272 Å². The second-order valence-corrected chi connectivity index (χ2v) is 27.4. The van der Waals surface area contributed by atoms with Gasteiger partial charge in [-0.25, -0.2) is 36.0 Å². The molecule has 3 aromatic heterocycles. The molecule has 9 aromatic rings. The number of rotatable bonds is 9. The summed E-state index contributed by atoms with van der Waals surface area (Å²) in [7, 11) is 0. The van der Waals surface area contributed by atoms with Crippen LogP contribution in [0, 0.1) is 74.4 Å². The highest BCUT2D eigenvalue weighted by molar-refractivity contribution is 6.31. The zero-order valence-corrected chi connectivity index (χ0v) is 53.2. The summed E-state index contributed by atoms with van der Waals surface area (Å²) in [6.07, 6.45) is 21.1. The van der Waals surface area contributed by atoms with Crippen molar-refractivity contribution in [3.63, 3.8) is 0 Å². The molecule has 3 heterocycles. The molecule has 6 aliphatic rings. The van der Waals surface area contributed by atoms with E-state index < -0.39 is 29.9 Å². The Morgan fingerprint density at radius 3 is 1.15 bits per heavy atom. The summed E-state index contributed by atoms with van der Waals surface area (Å²) in [6.45, 7) is 6.66. The first kappa shape index (κ1) is 63.5. The number of hydrogen-bond acceptors (Lipinski definition) is 7. The van der Waals surface area contributed by atoms with Gasteiger partial charge in [0.25, 0.3) is 0 Å². The van der Waals surface area contributed by atoms with E-state index in [1.54, 1.807) is 48.5 Å². The lowest BCUT2D eigenvalue weighted by atomic mass is 9.57. The number of aromatic nitrogens is 6. The predicted octanol–water partition coefficient (Wildman–Crippen LogP) is 17.9. The van der Waals surface area contributed by atoms with Gasteiger partial charge in [-0.15, -0.1) is 0 Å². The molecular weight excluding hydrogens is 1220 g/mol. The SMILES string of the molecule is C[C@]12Cc3cnn(-c4ccc(F)cc4)c3C=C1CCC[C@@H]2[C@@H](O)c1ccc(Cl)cc1.C[C@]12Cc3cnn(-c4ccc(F)cc4)c3C=C1CCC[C@@H]2[C@@H](O)c1ccc(F)c(C#N)c1.C[C@]12Cc3cnn(-c4ccc(F)cc4)c3C=C1CCC[C@@H]2[C@@H](O)c1ccc(F)c(Cl)c1. The van der Waals surface area contributed by atoms with Crippen molar-refractivity contribution in [2.24, 2.45) is 34.0 Å². The minimum Gasteiger partial charge on any atom is -0.388 e. The van der Waals surface area contributed by atoms with E-state index in [1.807, 2.05) is 63.0 Å². The monoisotopic (exact) mass is 1290 g/mol. The van der Waals surface area contributed by atoms with Crippen molar-refractivity contribution in [3.8, 4) is 23.1 Å². The number of fused-ring (bicyclic) bond motifs is 6. The Morgan fingerprint density at radius 2 is 0.796 bits per heavy atom.